The minimum absolute atomic E-state index is 0.0121. The van der Waals surface area contributed by atoms with Crippen molar-refractivity contribution in [1.82, 2.24) is 0 Å². The van der Waals surface area contributed by atoms with E-state index in [1.165, 1.54) is 64.2 Å². The van der Waals surface area contributed by atoms with Crippen LogP contribution in [0.2, 0.25) is 0 Å². The predicted octanol–water partition coefficient (Wildman–Crippen LogP) is 6.64. The molecule has 0 bridgehead atoms. The fourth-order valence-corrected chi connectivity index (χ4v) is 4.84. The summed E-state index contributed by atoms with van der Waals surface area (Å²) in [6, 6.07) is 2.63. The standard InChI is InChI=1S/C22H39NO/c1-3-5-6-7-19-8-10-21(11-9-19)24-17-20-12-15-22(18-23,14-4-2)16-13-20/h19-21H,3-17H2,1-2H3. The fourth-order valence-electron chi connectivity index (χ4n) is 4.84. The topological polar surface area (TPSA) is 33.0 Å². The Kier molecular flexibility index (Phi) is 8.60. The van der Waals surface area contributed by atoms with Gasteiger partial charge in [-0.15, -0.1) is 0 Å². The molecule has 0 heterocycles. The number of hydrogen-bond acceptors (Lipinski definition) is 2. The first-order valence-corrected chi connectivity index (χ1v) is 10.7. The van der Waals surface area contributed by atoms with Crippen molar-refractivity contribution in [2.45, 2.75) is 110 Å². The molecule has 0 amide bonds. The highest BCUT2D eigenvalue weighted by atomic mass is 16.5. The normalized spacial score (nSPS) is 34.0. The van der Waals surface area contributed by atoms with Gasteiger partial charge in [0.15, 0.2) is 0 Å². The average Bonchev–Trinajstić information content (AvgIpc) is 2.63. The molecule has 2 fully saturated rings. The molecule has 0 aromatic rings. The third kappa shape index (κ3) is 6.07. The number of unbranched alkanes of at least 4 members (excludes halogenated alkanes) is 2. The lowest BCUT2D eigenvalue weighted by atomic mass is 9.69. The van der Waals surface area contributed by atoms with Crippen LogP contribution in [-0.4, -0.2) is 12.7 Å². The van der Waals surface area contributed by atoms with Crippen molar-refractivity contribution >= 4 is 0 Å². The molecule has 2 aliphatic rings. The molecule has 138 valence electrons. The van der Waals surface area contributed by atoms with Crippen molar-refractivity contribution in [2.24, 2.45) is 17.3 Å². The third-order valence-corrected chi connectivity index (χ3v) is 6.61. The maximum atomic E-state index is 9.51. The summed E-state index contributed by atoms with van der Waals surface area (Å²) in [4.78, 5) is 0. The zero-order chi connectivity index (χ0) is 17.3. The summed E-state index contributed by atoms with van der Waals surface area (Å²) in [5, 5.41) is 9.51. The Bertz CT molecular complexity index is 370. The predicted molar refractivity (Wildman–Crippen MR) is 101 cm³/mol. The van der Waals surface area contributed by atoms with E-state index in [9.17, 15) is 5.26 Å². The van der Waals surface area contributed by atoms with E-state index in [0.717, 1.165) is 38.2 Å². The van der Waals surface area contributed by atoms with Gasteiger partial charge in [0.25, 0.3) is 0 Å². The van der Waals surface area contributed by atoms with Crippen LogP contribution in [0.5, 0.6) is 0 Å². The van der Waals surface area contributed by atoms with Gasteiger partial charge in [0, 0.05) is 6.61 Å². The molecular weight excluding hydrogens is 294 g/mol. The lowest BCUT2D eigenvalue weighted by molar-refractivity contribution is -0.0134. The number of hydrogen-bond donors (Lipinski definition) is 0. The van der Waals surface area contributed by atoms with E-state index in [-0.39, 0.29) is 5.41 Å². The Morgan fingerprint density at radius 2 is 1.62 bits per heavy atom. The van der Waals surface area contributed by atoms with Crippen molar-refractivity contribution in [2.75, 3.05) is 6.61 Å². The van der Waals surface area contributed by atoms with Gasteiger partial charge in [-0.25, -0.2) is 0 Å². The van der Waals surface area contributed by atoms with Crippen molar-refractivity contribution in [3.05, 3.63) is 0 Å². The third-order valence-electron chi connectivity index (χ3n) is 6.61. The van der Waals surface area contributed by atoms with E-state index in [4.69, 9.17) is 4.74 Å². The first kappa shape index (κ1) is 19.8. The van der Waals surface area contributed by atoms with Gasteiger partial charge in [-0.05, 0) is 69.6 Å². The second kappa shape index (κ2) is 10.4. The molecule has 2 aliphatic carbocycles. The monoisotopic (exact) mass is 333 g/mol. The molecule has 0 spiro atoms. The highest BCUT2D eigenvalue weighted by Crippen LogP contribution is 2.42. The van der Waals surface area contributed by atoms with E-state index in [2.05, 4.69) is 19.9 Å². The maximum Gasteiger partial charge on any atom is 0.0689 e. The van der Waals surface area contributed by atoms with Gasteiger partial charge >= 0.3 is 0 Å². The minimum atomic E-state index is -0.0121. The molecule has 2 saturated carbocycles. The first-order chi connectivity index (χ1) is 11.7. The molecule has 0 aromatic carbocycles. The quantitative estimate of drug-likeness (QED) is 0.443. The van der Waals surface area contributed by atoms with Crippen LogP contribution in [0, 0.1) is 28.6 Å². The summed E-state index contributed by atoms with van der Waals surface area (Å²) in [6.07, 6.45) is 18.2. The van der Waals surface area contributed by atoms with Crippen LogP contribution in [-0.2, 0) is 4.74 Å². The maximum absolute atomic E-state index is 9.51. The average molecular weight is 334 g/mol. The zero-order valence-electron chi connectivity index (χ0n) is 16.2. The van der Waals surface area contributed by atoms with E-state index >= 15 is 0 Å². The SMILES string of the molecule is CCCCCC1CCC(OCC2CCC(C#N)(CCC)CC2)CC1. The van der Waals surface area contributed by atoms with E-state index < -0.39 is 0 Å². The van der Waals surface area contributed by atoms with Gasteiger partial charge < -0.3 is 4.74 Å². The van der Waals surface area contributed by atoms with Crippen LogP contribution >= 0.6 is 0 Å². The van der Waals surface area contributed by atoms with Gasteiger partial charge in [-0.1, -0.05) is 46.0 Å². The molecule has 0 atom stereocenters. The summed E-state index contributed by atoms with van der Waals surface area (Å²) >= 11 is 0. The summed E-state index contributed by atoms with van der Waals surface area (Å²) < 4.78 is 6.28. The van der Waals surface area contributed by atoms with Gasteiger partial charge in [0.1, 0.15) is 0 Å². The Morgan fingerprint density at radius 1 is 0.917 bits per heavy atom. The number of nitriles is 1. The molecule has 2 heteroatoms. The minimum Gasteiger partial charge on any atom is -0.378 e. The Labute approximate surface area is 150 Å². The van der Waals surface area contributed by atoms with Crippen LogP contribution in [0.4, 0.5) is 0 Å². The number of ether oxygens (including phenoxy) is 1. The summed E-state index contributed by atoms with van der Waals surface area (Å²) in [7, 11) is 0. The Balaban J connectivity index is 1.60. The van der Waals surface area contributed by atoms with Crippen LogP contribution in [0.3, 0.4) is 0 Å². The van der Waals surface area contributed by atoms with Crippen molar-refractivity contribution in [1.29, 1.82) is 5.26 Å². The van der Waals surface area contributed by atoms with Gasteiger partial charge in [-0.2, -0.15) is 5.26 Å². The van der Waals surface area contributed by atoms with Crippen LogP contribution in [0.1, 0.15) is 104 Å². The molecule has 2 nitrogen and oxygen atoms in total. The van der Waals surface area contributed by atoms with Crippen LogP contribution < -0.4 is 0 Å². The summed E-state index contributed by atoms with van der Waals surface area (Å²) in [6.45, 7) is 5.44. The van der Waals surface area contributed by atoms with E-state index in [1.807, 2.05) is 0 Å². The number of rotatable bonds is 9. The first-order valence-electron chi connectivity index (χ1n) is 10.7. The Morgan fingerprint density at radius 3 is 2.21 bits per heavy atom. The molecule has 2 rings (SSSR count). The fraction of sp³-hybridized carbons (Fsp3) is 0.955. The molecular formula is C22H39NO. The lowest BCUT2D eigenvalue weighted by Crippen LogP contribution is -2.30. The molecule has 0 saturated heterocycles. The molecule has 0 radical (unpaired) electrons. The second-order valence-electron chi connectivity index (χ2n) is 8.56. The van der Waals surface area contributed by atoms with Crippen LogP contribution in [0.15, 0.2) is 0 Å². The highest BCUT2D eigenvalue weighted by molar-refractivity contribution is 5.01. The number of nitrogens with zero attached hydrogens (tertiary/aromatic N) is 1. The van der Waals surface area contributed by atoms with Gasteiger partial charge in [0.2, 0.25) is 0 Å². The van der Waals surface area contributed by atoms with E-state index in [1.54, 1.807) is 0 Å². The molecule has 0 unspecified atom stereocenters. The molecule has 0 aliphatic heterocycles. The van der Waals surface area contributed by atoms with Crippen LogP contribution in [0.25, 0.3) is 0 Å². The molecule has 24 heavy (non-hydrogen) atoms. The zero-order valence-corrected chi connectivity index (χ0v) is 16.2. The Hall–Kier alpha value is -0.550. The van der Waals surface area contributed by atoms with Gasteiger partial charge in [-0.3, -0.25) is 0 Å². The van der Waals surface area contributed by atoms with Gasteiger partial charge in [0.05, 0.1) is 17.6 Å². The molecule has 0 N–H and O–H groups in total. The molecule has 0 aromatic heterocycles. The van der Waals surface area contributed by atoms with Crippen molar-refractivity contribution in [3.63, 3.8) is 0 Å². The van der Waals surface area contributed by atoms with E-state index in [0.29, 0.717) is 12.0 Å². The second-order valence-corrected chi connectivity index (χ2v) is 8.56. The largest absolute Gasteiger partial charge is 0.378 e. The smallest absolute Gasteiger partial charge is 0.0689 e. The highest BCUT2D eigenvalue weighted by Gasteiger charge is 2.35. The summed E-state index contributed by atoms with van der Waals surface area (Å²) in [5.41, 5.74) is -0.0121. The summed E-state index contributed by atoms with van der Waals surface area (Å²) in [5.74, 6) is 1.67. The lowest BCUT2D eigenvalue weighted by Gasteiger charge is -2.36. The van der Waals surface area contributed by atoms with Crippen molar-refractivity contribution in [3.8, 4) is 6.07 Å². The van der Waals surface area contributed by atoms with Crippen molar-refractivity contribution < 1.29 is 4.74 Å².